The molecule has 0 radical (unpaired) electrons. The predicted octanol–water partition coefficient (Wildman–Crippen LogP) is 0.467. The fourth-order valence-corrected chi connectivity index (χ4v) is 2.65. The molecular weight excluding hydrogens is 204 g/mol. The highest BCUT2D eigenvalue weighted by Gasteiger charge is 2.31. The van der Waals surface area contributed by atoms with Crippen LogP contribution in [0.1, 0.15) is 12.8 Å². The van der Waals surface area contributed by atoms with Crippen LogP contribution in [0.25, 0.3) is 0 Å². The second-order valence-corrected chi connectivity index (χ2v) is 4.52. The van der Waals surface area contributed by atoms with Gasteiger partial charge in [-0.3, -0.25) is 4.90 Å². The van der Waals surface area contributed by atoms with E-state index in [2.05, 4.69) is 19.8 Å². The van der Waals surface area contributed by atoms with Crippen LogP contribution < -0.4 is 4.90 Å². The van der Waals surface area contributed by atoms with Crippen molar-refractivity contribution in [2.24, 2.45) is 0 Å². The number of aromatic hydroxyl groups is 1. The molecule has 3 heterocycles. The van der Waals surface area contributed by atoms with Gasteiger partial charge in [0.1, 0.15) is 0 Å². The Morgan fingerprint density at radius 2 is 2.00 bits per heavy atom. The van der Waals surface area contributed by atoms with Gasteiger partial charge in [0, 0.05) is 25.7 Å². The first-order valence-electron chi connectivity index (χ1n) is 5.83. The molecule has 5 nitrogen and oxygen atoms in total. The molecule has 2 aliphatic rings. The zero-order chi connectivity index (χ0) is 11.0. The number of fused-ring (bicyclic) bond motifs is 1. The molecule has 1 N–H and O–H groups in total. The van der Waals surface area contributed by atoms with Crippen LogP contribution in [0.3, 0.4) is 0 Å². The normalized spacial score (nSPS) is 25.8. The predicted molar refractivity (Wildman–Crippen MR) is 60.5 cm³/mol. The van der Waals surface area contributed by atoms with Crippen molar-refractivity contribution in [2.45, 2.75) is 18.9 Å². The zero-order valence-electron chi connectivity index (χ0n) is 9.21. The average molecular weight is 220 g/mol. The summed E-state index contributed by atoms with van der Waals surface area (Å²) < 4.78 is 0. The summed E-state index contributed by atoms with van der Waals surface area (Å²) in [5.74, 6) is 0.868. The Morgan fingerprint density at radius 3 is 2.81 bits per heavy atom. The Hall–Kier alpha value is -1.36. The fourth-order valence-electron chi connectivity index (χ4n) is 2.65. The van der Waals surface area contributed by atoms with Crippen LogP contribution in [0.4, 0.5) is 5.95 Å². The lowest BCUT2D eigenvalue weighted by Crippen LogP contribution is -2.50. The minimum absolute atomic E-state index is 0.128. The van der Waals surface area contributed by atoms with Crippen molar-refractivity contribution in [3.8, 4) is 5.75 Å². The van der Waals surface area contributed by atoms with Crippen molar-refractivity contribution in [1.29, 1.82) is 0 Å². The third-order valence-electron chi connectivity index (χ3n) is 3.49. The topological polar surface area (TPSA) is 52.5 Å². The number of hydrogen-bond acceptors (Lipinski definition) is 5. The summed E-state index contributed by atoms with van der Waals surface area (Å²) in [6.07, 6.45) is 5.52. The van der Waals surface area contributed by atoms with E-state index in [4.69, 9.17) is 5.11 Å². The van der Waals surface area contributed by atoms with E-state index >= 15 is 0 Å². The number of aromatic nitrogens is 2. The summed E-state index contributed by atoms with van der Waals surface area (Å²) in [6.45, 7) is 4.36. The second kappa shape index (κ2) is 3.90. The fraction of sp³-hybridized carbons (Fsp3) is 0.636. The van der Waals surface area contributed by atoms with Crippen LogP contribution in [-0.2, 0) is 0 Å². The number of rotatable bonds is 1. The average Bonchev–Trinajstić information content (AvgIpc) is 2.77. The molecule has 2 aliphatic heterocycles. The lowest BCUT2D eigenvalue weighted by Gasteiger charge is -2.37. The molecule has 0 aliphatic carbocycles. The van der Waals surface area contributed by atoms with Gasteiger partial charge in [0.05, 0.1) is 12.4 Å². The van der Waals surface area contributed by atoms with Gasteiger partial charge in [-0.1, -0.05) is 0 Å². The number of hydrogen-bond donors (Lipinski definition) is 1. The monoisotopic (exact) mass is 220 g/mol. The van der Waals surface area contributed by atoms with Crippen LogP contribution in [0.2, 0.25) is 0 Å². The third-order valence-corrected chi connectivity index (χ3v) is 3.49. The minimum Gasteiger partial charge on any atom is -0.505 e. The van der Waals surface area contributed by atoms with E-state index < -0.39 is 0 Å². The van der Waals surface area contributed by atoms with E-state index in [0.29, 0.717) is 6.04 Å². The highest BCUT2D eigenvalue weighted by molar-refractivity contribution is 5.32. The van der Waals surface area contributed by atoms with E-state index in [9.17, 15) is 0 Å². The van der Waals surface area contributed by atoms with Gasteiger partial charge in [-0.25, -0.2) is 9.97 Å². The standard InChI is InChI=1S/C11H16N4O/c16-10-6-12-11(13-7-10)15-5-4-14-3-1-2-9(14)8-15/h6-7,9,16H,1-5,8H2. The molecule has 5 heteroatoms. The van der Waals surface area contributed by atoms with Crippen LogP contribution >= 0.6 is 0 Å². The Bertz CT molecular complexity index is 367. The smallest absolute Gasteiger partial charge is 0.225 e. The van der Waals surface area contributed by atoms with Gasteiger partial charge in [-0.15, -0.1) is 0 Å². The van der Waals surface area contributed by atoms with Crippen molar-refractivity contribution >= 4 is 5.95 Å². The van der Waals surface area contributed by atoms with Crippen molar-refractivity contribution in [1.82, 2.24) is 14.9 Å². The van der Waals surface area contributed by atoms with Gasteiger partial charge in [-0.05, 0) is 19.4 Å². The highest BCUT2D eigenvalue weighted by atomic mass is 16.3. The highest BCUT2D eigenvalue weighted by Crippen LogP contribution is 2.23. The summed E-state index contributed by atoms with van der Waals surface area (Å²) >= 11 is 0. The molecule has 0 bridgehead atoms. The van der Waals surface area contributed by atoms with E-state index in [1.807, 2.05) is 0 Å². The molecular formula is C11H16N4O. The van der Waals surface area contributed by atoms with Crippen LogP contribution in [0, 0.1) is 0 Å². The van der Waals surface area contributed by atoms with Crippen LogP contribution in [-0.4, -0.2) is 52.2 Å². The van der Waals surface area contributed by atoms with Gasteiger partial charge < -0.3 is 10.0 Å². The first-order chi connectivity index (χ1) is 7.83. The third kappa shape index (κ3) is 1.71. The van der Waals surface area contributed by atoms with Crippen LogP contribution in [0.15, 0.2) is 12.4 Å². The first kappa shape index (κ1) is 9.84. The molecule has 0 spiro atoms. The maximum atomic E-state index is 9.15. The van der Waals surface area contributed by atoms with E-state index in [0.717, 1.165) is 25.6 Å². The van der Waals surface area contributed by atoms with Crippen molar-refractivity contribution < 1.29 is 5.11 Å². The SMILES string of the molecule is Oc1cnc(N2CCN3CCCC3C2)nc1. The molecule has 1 aromatic heterocycles. The number of piperazine rings is 1. The lowest BCUT2D eigenvalue weighted by atomic mass is 10.2. The second-order valence-electron chi connectivity index (χ2n) is 4.52. The summed E-state index contributed by atoms with van der Waals surface area (Å²) in [7, 11) is 0. The minimum atomic E-state index is 0.128. The number of nitrogens with zero attached hydrogens (tertiary/aromatic N) is 4. The molecule has 2 fully saturated rings. The lowest BCUT2D eigenvalue weighted by molar-refractivity contribution is 0.229. The van der Waals surface area contributed by atoms with Crippen molar-refractivity contribution in [3.05, 3.63) is 12.4 Å². The molecule has 0 aromatic carbocycles. The van der Waals surface area contributed by atoms with Gasteiger partial charge >= 0.3 is 0 Å². The first-order valence-corrected chi connectivity index (χ1v) is 5.83. The Kier molecular flexibility index (Phi) is 2.40. The zero-order valence-corrected chi connectivity index (χ0v) is 9.21. The molecule has 0 saturated carbocycles. The maximum Gasteiger partial charge on any atom is 0.225 e. The summed E-state index contributed by atoms with van der Waals surface area (Å²) in [6, 6.07) is 0.672. The Labute approximate surface area is 94.7 Å². The van der Waals surface area contributed by atoms with E-state index in [1.54, 1.807) is 0 Å². The maximum absolute atomic E-state index is 9.15. The molecule has 1 unspecified atom stereocenters. The summed E-state index contributed by atoms with van der Waals surface area (Å²) in [5, 5.41) is 9.15. The quantitative estimate of drug-likeness (QED) is 0.745. The van der Waals surface area contributed by atoms with Gasteiger partial charge in [0.25, 0.3) is 0 Å². The van der Waals surface area contributed by atoms with Gasteiger partial charge in [0.15, 0.2) is 5.75 Å². The molecule has 0 amide bonds. The van der Waals surface area contributed by atoms with Gasteiger partial charge in [0.2, 0.25) is 5.95 Å². The molecule has 16 heavy (non-hydrogen) atoms. The van der Waals surface area contributed by atoms with E-state index in [1.165, 1.54) is 31.8 Å². The molecule has 1 aromatic rings. The van der Waals surface area contributed by atoms with Gasteiger partial charge in [-0.2, -0.15) is 0 Å². The van der Waals surface area contributed by atoms with Crippen molar-refractivity contribution in [3.63, 3.8) is 0 Å². The molecule has 1 atom stereocenters. The van der Waals surface area contributed by atoms with E-state index in [-0.39, 0.29) is 5.75 Å². The number of anilines is 1. The Morgan fingerprint density at radius 1 is 1.19 bits per heavy atom. The molecule has 2 saturated heterocycles. The largest absolute Gasteiger partial charge is 0.505 e. The summed E-state index contributed by atoms with van der Waals surface area (Å²) in [5.41, 5.74) is 0. The molecule has 86 valence electrons. The summed E-state index contributed by atoms with van der Waals surface area (Å²) in [4.78, 5) is 13.1. The Balaban J connectivity index is 1.74. The van der Waals surface area contributed by atoms with Crippen molar-refractivity contribution in [2.75, 3.05) is 31.1 Å². The molecule has 3 rings (SSSR count). The van der Waals surface area contributed by atoms with Crippen LogP contribution in [0.5, 0.6) is 5.75 Å².